The number of hydrogen-bond acceptors (Lipinski definition) is 5. The minimum Gasteiger partial charge on any atom is -0.328 e. The van der Waals surface area contributed by atoms with Crippen LogP contribution in [0.2, 0.25) is 0 Å². The van der Waals surface area contributed by atoms with Crippen molar-refractivity contribution in [2.45, 2.75) is 37.9 Å². The van der Waals surface area contributed by atoms with Gasteiger partial charge < -0.3 is 11.1 Å². The van der Waals surface area contributed by atoms with Crippen LogP contribution in [0.15, 0.2) is 0 Å². The molecule has 10 heteroatoms. The number of rotatable bonds is 2. The highest BCUT2D eigenvalue weighted by molar-refractivity contribution is 7.15. The average Bonchev–Trinajstić information content (AvgIpc) is 2.77. The normalized spacial score (nSPS) is 23.0. The van der Waals surface area contributed by atoms with Crippen molar-refractivity contribution in [2.24, 2.45) is 11.7 Å². The summed E-state index contributed by atoms with van der Waals surface area (Å²) in [5.41, 5.74) is 5.76. The zero-order valence-electron chi connectivity index (χ0n) is 10.3. The molecule has 2 unspecified atom stereocenters. The molecule has 3 N–H and O–H groups in total. The number of nitrogens with two attached hydrogens (primary N) is 1. The maximum atomic E-state index is 12.3. The third-order valence-electron chi connectivity index (χ3n) is 2.98. The molecule has 0 aromatic carbocycles. The molecule has 1 aliphatic rings. The second kappa shape index (κ2) is 6.68. The lowest BCUT2D eigenvalue weighted by atomic mass is 9.86. The predicted molar refractivity (Wildman–Crippen MR) is 70.7 cm³/mol. The first kappa shape index (κ1) is 17.1. The van der Waals surface area contributed by atoms with Gasteiger partial charge >= 0.3 is 6.18 Å². The highest BCUT2D eigenvalue weighted by Gasteiger charge is 2.36. The first-order valence-corrected chi connectivity index (χ1v) is 6.65. The fraction of sp³-hybridized carbons (Fsp3) is 0.700. The van der Waals surface area contributed by atoms with Crippen LogP contribution in [0.25, 0.3) is 0 Å². The number of anilines is 1. The zero-order valence-corrected chi connectivity index (χ0v) is 11.9. The van der Waals surface area contributed by atoms with Crippen LogP contribution in [-0.4, -0.2) is 22.1 Å². The van der Waals surface area contributed by atoms with Crippen molar-refractivity contribution in [3.63, 3.8) is 0 Å². The summed E-state index contributed by atoms with van der Waals surface area (Å²) >= 11 is 0.323. The van der Waals surface area contributed by atoms with E-state index >= 15 is 0 Å². The van der Waals surface area contributed by atoms with E-state index in [1.807, 2.05) is 0 Å². The molecule has 1 heterocycles. The Hall–Kier alpha value is -0.930. The standard InChI is InChI=1S/C10H13F3N4OS.ClH/c11-10(12,13)8-16-17-9(19-8)15-7(18)5-2-1-3-6(14)4-5;/h5-6H,1-4,14H2,(H,15,17,18);1H. The smallest absolute Gasteiger partial charge is 0.328 e. The van der Waals surface area contributed by atoms with Gasteiger partial charge in [0.1, 0.15) is 0 Å². The number of nitrogens with one attached hydrogen (secondary N) is 1. The molecule has 2 rings (SSSR count). The largest absolute Gasteiger partial charge is 0.445 e. The molecule has 20 heavy (non-hydrogen) atoms. The monoisotopic (exact) mass is 330 g/mol. The Morgan fingerprint density at radius 3 is 2.60 bits per heavy atom. The predicted octanol–water partition coefficient (Wildman–Crippen LogP) is 2.43. The van der Waals surface area contributed by atoms with Gasteiger partial charge in [-0.25, -0.2) is 0 Å². The van der Waals surface area contributed by atoms with E-state index in [1.54, 1.807) is 0 Å². The molecule has 0 radical (unpaired) electrons. The van der Waals surface area contributed by atoms with E-state index in [1.165, 1.54) is 0 Å². The third kappa shape index (κ3) is 4.29. The van der Waals surface area contributed by atoms with Crippen molar-refractivity contribution in [3.05, 3.63) is 5.01 Å². The van der Waals surface area contributed by atoms with Crippen LogP contribution in [0.4, 0.5) is 18.3 Å². The van der Waals surface area contributed by atoms with E-state index in [-0.39, 0.29) is 35.4 Å². The molecule has 0 spiro atoms. The summed E-state index contributed by atoms with van der Waals surface area (Å²) in [5, 5.41) is 7.51. The molecule has 2 atom stereocenters. The van der Waals surface area contributed by atoms with Crippen molar-refractivity contribution in [1.29, 1.82) is 0 Å². The van der Waals surface area contributed by atoms with Crippen molar-refractivity contribution in [2.75, 3.05) is 5.32 Å². The quantitative estimate of drug-likeness (QED) is 0.872. The number of alkyl halides is 3. The third-order valence-corrected chi connectivity index (χ3v) is 3.87. The Balaban J connectivity index is 0.00000200. The van der Waals surface area contributed by atoms with E-state index in [0.717, 1.165) is 12.8 Å². The number of carbonyl (C=O) groups excluding carboxylic acids is 1. The van der Waals surface area contributed by atoms with Crippen molar-refractivity contribution in [1.82, 2.24) is 10.2 Å². The Kier molecular flexibility index (Phi) is 5.72. The van der Waals surface area contributed by atoms with Crippen LogP contribution < -0.4 is 11.1 Å². The average molecular weight is 331 g/mol. The fourth-order valence-electron chi connectivity index (χ4n) is 2.06. The lowest BCUT2D eigenvalue weighted by Gasteiger charge is -2.25. The summed E-state index contributed by atoms with van der Waals surface area (Å²) in [7, 11) is 0. The van der Waals surface area contributed by atoms with Crippen LogP contribution in [0.1, 0.15) is 30.7 Å². The Morgan fingerprint density at radius 1 is 1.35 bits per heavy atom. The van der Waals surface area contributed by atoms with Crippen molar-refractivity contribution in [3.8, 4) is 0 Å². The fourth-order valence-corrected chi connectivity index (χ4v) is 2.68. The molecule has 1 saturated carbocycles. The lowest BCUT2D eigenvalue weighted by Crippen LogP contribution is -2.34. The number of hydrogen-bond donors (Lipinski definition) is 2. The Bertz CT molecular complexity index is 468. The molecule has 1 aromatic rings. The highest BCUT2D eigenvalue weighted by Crippen LogP contribution is 2.33. The molecule has 114 valence electrons. The number of amides is 1. The van der Waals surface area contributed by atoms with Gasteiger partial charge in [0, 0.05) is 12.0 Å². The Morgan fingerprint density at radius 2 is 2.05 bits per heavy atom. The maximum Gasteiger partial charge on any atom is 0.445 e. The molecule has 1 aromatic heterocycles. The Labute approximate surface area is 123 Å². The number of nitrogens with zero attached hydrogens (tertiary/aromatic N) is 2. The van der Waals surface area contributed by atoms with Crippen LogP contribution in [-0.2, 0) is 11.0 Å². The summed E-state index contributed by atoms with van der Waals surface area (Å²) < 4.78 is 37.0. The van der Waals surface area contributed by atoms with Gasteiger partial charge in [-0.3, -0.25) is 4.79 Å². The first-order valence-electron chi connectivity index (χ1n) is 5.83. The topological polar surface area (TPSA) is 80.9 Å². The summed E-state index contributed by atoms with van der Waals surface area (Å²) in [4.78, 5) is 11.9. The number of aromatic nitrogens is 2. The van der Waals surface area contributed by atoms with E-state index in [4.69, 9.17) is 5.73 Å². The second-order valence-corrected chi connectivity index (χ2v) is 5.50. The van der Waals surface area contributed by atoms with Gasteiger partial charge in [-0.1, -0.05) is 17.8 Å². The minimum atomic E-state index is -4.53. The van der Waals surface area contributed by atoms with Gasteiger partial charge in [0.25, 0.3) is 0 Å². The molecule has 1 aliphatic carbocycles. The molecule has 0 aliphatic heterocycles. The van der Waals surface area contributed by atoms with Gasteiger partial charge in [-0.2, -0.15) is 13.2 Å². The molecular formula is C10H14ClF3N4OS. The summed E-state index contributed by atoms with van der Waals surface area (Å²) in [6, 6.07) is -0.0235. The van der Waals surface area contributed by atoms with Crippen LogP contribution >= 0.6 is 23.7 Å². The van der Waals surface area contributed by atoms with Crippen LogP contribution in [0.3, 0.4) is 0 Å². The van der Waals surface area contributed by atoms with E-state index in [9.17, 15) is 18.0 Å². The van der Waals surface area contributed by atoms with Gasteiger partial charge in [0.05, 0.1) is 0 Å². The highest BCUT2D eigenvalue weighted by atomic mass is 35.5. The van der Waals surface area contributed by atoms with Crippen molar-refractivity contribution >= 4 is 34.8 Å². The molecule has 1 fully saturated rings. The number of halogens is 4. The molecule has 0 bridgehead atoms. The first-order chi connectivity index (χ1) is 8.86. The van der Waals surface area contributed by atoms with Crippen LogP contribution in [0, 0.1) is 5.92 Å². The van der Waals surface area contributed by atoms with Gasteiger partial charge in [0.15, 0.2) is 0 Å². The summed E-state index contributed by atoms with van der Waals surface area (Å²) in [5.74, 6) is -0.595. The summed E-state index contributed by atoms with van der Waals surface area (Å²) in [6.45, 7) is 0. The van der Waals surface area contributed by atoms with E-state index < -0.39 is 11.2 Å². The molecular weight excluding hydrogens is 317 g/mol. The zero-order chi connectivity index (χ0) is 14.0. The van der Waals surface area contributed by atoms with E-state index in [2.05, 4.69) is 15.5 Å². The summed E-state index contributed by atoms with van der Waals surface area (Å²) in [6.07, 6.45) is -1.56. The lowest BCUT2D eigenvalue weighted by molar-refractivity contribution is -0.138. The molecule has 0 saturated heterocycles. The minimum absolute atomic E-state index is 0. The van der Waals surface area contributed by atoms with Crippen molar-refractivity contribution < 1.29 is 18.0 Å². The van der Waals surface area contributed by atoms with Gasteiger partial charge in [-0.05, 0) is 19.3 Å². The van der Waals surface area contributed by atoms with Crippen LogP contribution in [0.5, 0.6) is 0 Å². The molecule has 1 amide bonds. The SMILES string of the molecule is Cl.NC1CCCC(C(=O)Nc2nnc(C(F)(F)F)s2)C1. The maximum absolute atomic E-state index is 12.3. The number of carbonyl (C=O) groups is 1. The van der Waals surface area contributed by atoms with Gasteiger partial charge in [-0.15, -0.1) is 22.6 Å². The second-order valence-electron chi connectivity index (χ2n) is 4.52. The van der Waals surface area contributed by atoms with Gasteiger partial charge in [0.2, 0.25) is 16.0 Å². The van der Waals surface area contributed by atoms with E-state index in [0.29, 0.717) is 24.2 Å². The molecule has 5 nitrogen and oxygen atoms in total.